The largest absolute Gasteiger partial charge is 0.449 e. The predicted octanol–water partition coefficient (Wildman–Crippen LogP) is 2.85. The molecular weight excluding hydrogens is 476 g/mol. The molecule has 0 spiro atoms. The van der Waals surface area contributed by atoms with Crippen LogP contribution < -0.4 is 10.6 Å². The fourth-order valence-corrected chi connectivity index (χ4v) is 4.32. The Bertz CT molecular complexity index is 939. The zero-order valence-electron chi connectivity index (χ0n) is 21.4. The summed E-state index contributed by atoms with van der Waals surface area (Å²) in [5.74, 6) is -0.304. The molecule has 0 saturated heterocycles. The first-order valence-electron chi connectivity index (χ1n) is 12.9. The molecule has 9 heteroatoms. The van der Waals surface area contributed by atoms with Gasteiger partial charge in [-0.3, -0.25) is 4.79 Å². The Morgan fingerprint density at radius 2 is 1.43 bits per heavy atom. The lowest BCUT2D eigenvalue weighted by Gasteiger charge is -2.19. The minimum absolute atomic E-state index is 0.00481. The molecule has 0 saturated carbocycles. The van der Waals surface area contributed by atoms with E-state index in [2.05, 4.69) is 34.9 Å². The number of aliphatic hydroxyl groups excluding tert-OH is 1. The molecule has 2 aromatic carbocycles. The third-order valence-corrected chi connectivity index (χ3v) is 6.05. The van der Waals surface area contributed by atoms with Gasteiger partial charge in [-0.2, -0.15) is 0 Å². The van der Waals surface area contributed by atoms with Gasteiger partial charge in [0.25, 0.3) is 0 Å². The van der Waals surface area contributed by atoms with Crippen molar-refractivity contribution in [1.82, 2.24) is 10.6 Å². The number of amides is 2. The molecule has 0 heterocycles. The Labute approximate surface area is 218 Å². The van der Waals surface area contributed by atoms with Crippen molar-refractivity contribution in [1.29, 1.82) is 0 Å². The van der Waals surface area contributed by atoms with Crippen LogP contribution in [0.5, 0.6) is 0 Å². The molecule has 3 rings (SSSR count). The third kappa shape index (κ3) is 8.82. The van der Waals surface area contributed by atoms with E-state index in [-0.39, 0.29) is 25.0 Å². The number of alkyl carbamates (subject to hydrolysis) is 1. The Hall–Kier alpha value is -2.98. The standard InChI is InChI=1S/C28H38N2O7/c1-2-7-26(27(32)29-12-14-34-16-18-36-19-17-35-15-13-31)30-28(33)37-20-25-23-10-5-3-8-21(23)22-9-4-6-11-24(22)25/h3-6,8-11,25-26,31H,2,7,12-20H2,1H3,(H,29,32)(H,30,33)/t26-/m0/s1. The van der Waals surface area contributed by atoms with Gasteiger partial charge in [0.05, 0.1) is 46.2 Å². The highest BCUT2D eigenvalue weighted by molar-refractivity contribution is 5.85. The maximum Gasteiger partial charge on any atom is 0.407 e. The van der Waals surface area contributed by atoms with Crippen LogP contribution in [-0.2, 0) is 23.7 Å². The molecule has 37 heavy (non-hydrogen) atoms. The summed E-state index contributed by atoms with van der Waals surface area (Å²) in [4.78, 5) is 25.2. The Morgan fingerprint density at radius 1 is 0.865 bits per heavy atom. The first-order chi connectivity index (χ1) is 18.2. The summed E-state index contributed by atoms with van der Waals surface area (Å²) in [5, 5.41) is 14.1. The number of nitrogens with one attached hydrogen (secondary N) is 2. The van der Waals surface area contributed by atoms with Crippen LogP contribution >= 0.6 is 0 Å². The van der Waals surface area contributed by atoms with E-state index < -0.39 is 12.1 Å². The van der Waals surface area contributed by atoms with Crippen LogP contribution in [0.15, 0.2) is 48.5 Å². The monoisotopic (exact) mass is 514 g/mol. The molecule has 1 aliphatic carbocycles. The fraction of sp³-hybridized carbons (Fsp3) is 0.500. The molecule has 1 atom stereocenters. The van der Waals surface area contributed by atoms with Gasteiger partial charge in [-0.1, -0.05) is 61.9 Å². The second kappa shape index (κ2) is 16.0. The zero-order valence-corrected chi connectivity index (χ0v) is 21.4. The highest BCUT2D eigenvalue weighted by Crippen LogP contribution is 2.44. The summed E-state index contributed by atoms with van der Waals surface area (Å²) in [5.41, 5.74) is 4.60. The Balaban J connectivity index is 1.37. The average Bonchev–Trinajstić information content (AvgIpc) is 3.24. The molecule has 1 aliphatic rings. The van der Waals surface area contributed by atoms with Gasteiger partial charge in [0.15, 0.2) is 0 Å². The molecule has 3 N–H and O–H groups in total. The quantitative estimate of drug-likeness (QED) is 0.278. The molecule has 0 unspecified atom stereocenters. The molecule has 0 radical (unpaired) electrons. The van der Waals surface area contributed by atoms with E-state index in [1.165, 1.54) is 0 Å². The van der Waals surface area contributed by atoms with Gasteiger partial charge in [0, 0.05) is 12.5 Å². The number of benzene rings is 2. The van der Waals surface area contributed by atoms with E-state index in [1.807, 2.05) is 31.2 Å². The lowest BCUT2D eigenvalue weighted by Crippen LogP contribution is -2.47. The first kappa shape index (κ1) is 28.6. The number of rotatable bonds is 17. The van der Waals surface area contributed by atoms with Gasteiger partial charge in [0.1, 0.15) is 12.6 Å². The molecule has 2 aromatic rings. The second-order valence-corrected chi connectivity index (χ2v) is 8.66. The number of carbonyl (C=O) groups excluding carboxylic acids is 2. The number of carbonyl (C=O) groups is 2. The number of fused-ring (bicyclic) bond motifs is 3. The summed E-state index contributed by atoms with van der Waals surface area (Å²) in [6.45, 7) is 4.77. The van der Waals surface area contributed by atoms with Crippen LogP contribution in [0, 0.1) is 0 Å². The van der Waals surface area contributed by atoms with Gasteiger partial charge in [-0.05, 0) is 28.7 Å². The Kier molecular flexibility index (Phi) is 12.4. The van der Waals surface area contributed by atoms with E-state index in [1.54, 1.807) is 0 Å². The van der Waals surface area contributed by atoms with E-state index in [4.69, 9.17) is 24.1 Å². The van der Waals surface area contributed by atoms with Crippen LogP contribution in [0.1, 0.15) is 36.8 Å². The van der Waals surface area contributed by atoms with Gasteiger partial charge in [0.2, 0.25) is 5.91 Å². The number of hydrogen-bond acceptors (Lipinski definition) is 7. The molecule has 2 amide bonds. The van der Waals surface area contributed by atoms with E-state index in [0.717, 1.165) is 28.7 Å². The number of hydrogen-bond donors (Lipinski definition) is 3. The lowest BCUT2D eigenvalue weighted by atomic mass is 9.98. The van der Waals surface area contributed by atoms with Crippen molar-refractivity contribution in [3.8, 4) is 11.1 Å². The molecule has 202 valence electrons. The van der Waals surface area contributed by atoms with Crippen LogP contribution in [0.4, 0.5) is 4.79 Å². The van der Waals surface area contributed by atoms with Crippen molar-refractivity contribution in [2.24, 2.45) is 0 Å². The summed E-state index contributed by atoms with van der Waals surface area (Å²) in [6, 6.07) is 15.6. The maximum absolute atomic E-state index is 12.6. The predicted molar refractivity (Wildman–Crippen MR) is 139 cm³/mol. The highest BCUT2D eigenvalue weighted by atomic mass is 16.6. The molecule has 9 nitrogen and oxygen atoms in total. The van der Waals surface area contributed by atoms with E-state index in [9.17, 15) is 9.59 Å². The fourth-order valence-electron chi connectivity index (χ4n) is 4.32. The van der Waals surface area contributed by atoms with E-state index >= 15 is 0 Å². The van der Waals surface area contributed by atoms with Crippen molar-refractivity contribution in [2.45, 2.75) is 31.7 Å². The van der Waals surface area contributed by atoms with Gasteiger partial charge in [-0.15, -0.1) is 0 Å². The maximum atomic E-state index is 12.6. The van der Waals surface area contributed by atoms with Crippen LogP contribution in [-0.4, -0.2) is 82.5 Å². The van der Waals surface area contributed by atoms with Crippen LogP contribution in [0.2, 0.25) is 0 Å². The van der Waals surface area contributed by atoms with E-state index in [0.29, 0.717) is 52.6 Å². The summed E-state index contributed by atoms with van der Waals surface area (Å²) < 4.78 is 21.5. The minimum Gasteiger partial charge on any atom is -0.449 e. The highest BCUT2D eigenvalue weighted by Gasteiger charge is 2.29. The Morgan fingerprint density at radius 3 is 2.03 bits per heavy atom. The first-order valence-corrected chi connectivity index (χ1v) is 12.9. The number of ether oxygens (including phenoxy) is 4. The second-order valence-electron chi connectivity index (χ2n) is 8.66. The van der Waals surface area contributed by atoms with Crippen LogP contribution in [0.25, 0.3) is 11.1 Å². The molecular formula is C28H38N2O7. The molecule has 0 aromatic heterocycles. The average molecular weight is 515 g/mol. The van der Waals surface area contributed by atoms with Crippen molar-refractivity contribution in [2.75, 3.05) is 59.4 Å². The molecule has 0 bridgehead atoms. The van der Waals surface area contributed by atoms with Crippen LogP contribution in [0.3, 0.4) is 0 Å². The summed E-state index contributed by atoms with van der Waals surface area (Å²) in [6.07, 6.45) is 0.632. The lowest BCUT2D eigenvalue weighted by molar-refractivity contribution is -0.123. The SMILES string of the molecule is CCC[C@H](NC(=O)OCC1c2ccccc2-c2ccccc21)C(=O)NCCOCCOCCOCCO. The molecule has 0 aliphatic heterocycles. The molecule has 0 fully saturated rings. The van der Waals surface area contributed by atoms with Crippen molar-refractivity contribution in [3.05, 3.63) is 59.7 Å². The van der Waals surface area contributed by atoms with Crippen molar-refractivity contribution in [3.63, 3.8) is 0 Å². The third-order valence-electron chi connectivity index (χ3n) is 6.05. The number of aliphatic hydroxyl groups is 1. The normalized spacial score (nSPS) is 13.0. The topological polar surface area (TPSA) is 115 Å². The van der Waals surface area contributed by atoms with Gasteiger partial charge in [-0.25, -0.2) is 4.79 Å². The summed E-state index contributed by atoms with van der Waals surface area (Å²) in [7, 11) is 0. The van der Waals surface area contributed by atoms with Crippen molar-refractivity contribution >= 4 is 12.0 Å². The smallest absolute Gasteiger partial charge is 0.407 e. The van der Waals surface area contributed by atoms with Gasteiger partial charge < -0.3 is 34.7 Å². The van der Waals surface area contributed by atoms with Crippen molar-refractivity contribution < 1.29 is 33.6 Å². The summed E-state index contributed by atoms with van der Waals surface area (Å²) >= 11 is 0. The van der Waals surface area contributed by atoms with Gasteiger partial charge >= 0.3 is 6.09 Å². The minimum atomic E-state index is -0.678. The zero-order chi connectivity index (χ0) is 26.3.